The molecule has 4 heteroatoms. The Balaban J connectivity index is 2.71. The SMILES string of the molecule is C=C(C)[C@H]1CC=C(C)/C(=N/NC(=O)OC)C1. The Labute approximate surface area is 96.1 Å². The Morgan fingerprint density at radius 1 is 1.69 bits per heavy atom. The van der Waals surface area contributed by atoms with Gasteiger partial charge in [-0.3, -0.25) is 0 Å². The molecule has 1 atom stereocenters. The van der Waals surface area contributed by atoms with E-state index >= 15 is 0 Å². The van der Waals surface area contributed by atoms with Gasteiger partial charge < -0.3 is 4.74 Å². The van der Waals surface area contributed by atoms with Crippen LogP contribution in [0.3, 0.4) is 0 Å². The summed E-state index contributed by atoms with van der Waals surface area (Å²) in [4.78, 5) is 10.9. The molecular formula is C12H18N2O2. The van der Waals surface area contributed by atoms with Crippen LogP contribution in [-0.2, 0) is 4.74 Å². The molecule has 1 N–H and O–H groups in total. The maximum atomic E-state index is 10.9. The molecule has 0 bridgehead atoms. The third kappa shape index (κ3) is 3.22. The second-order valence-corrected chi connectivity index (χ2v) is 4.03. The van der Waals surface area contributed by atoms with E-state index in [1.54, 1.807) is 0 Å². The normalized spacial score (nSPS) is 22.6. The van der Waals surface area contributed by atoms with Crippen molar-refractivity contribution in [3.8, 4) is 0 Å². The van der Waals surface area contributed by atoms with Crippen molar-refractivity contribution in [2.45, 2.75) is 26.7 Å². The number of hydrogen-bond acceptors (Lipinski definition) is 3. The molecule has 0 aliphatic heterocycles. The minimum Gasteiger partial charge on any atom is -0.452 e. The van der Waals surface area contributed by atoms with Crippen molar-refractivity contribution in [2.75, 3.05) is 7.11 Å². The topological polar surface area (TPSA) is 50.7 Å². The van der Waals surface area contributed by atoms with Gasteiger partial charge in [0, 0.05) is 0 Å². The van der Waals surface area contributed by atoms with Crippen LogP contribution in [0.25, 0.3) is 0 Å². The summed E-state index contributed by atoms with van der Waals surface area (Å²) in [7, 11) is 1.32. The van der Waals surface area contributed by atoms with Gasteiger partial charge in [-0.25, -0.2) is 10.2 Å². The maximum absolute atomic E-state index is 10.9. The van der Waals surface area contributed by atoms with Crippen LogP contribution in [0.1, 0.15) is 26.7 Å². The molecule has 0 aromatic rings. The number of amides is 1. The monoisotopic (exact) mass is 222 g/mol. The first-order chi connectivity index (χ1) is 7.54. The lowest BCUT2D eigenvalue weighted by molar-refractivity contribution is 0.171. The van der Waals surface area contributed by atoms with Gasteiger partial charge in [0.2, 0.25) is 0 Å². The first-order valence-electron chi connectivity index (χ1n) is 5.27. The van der Waals surface area contributed by atoms with Gasteiger partial charge in [-0.15, -0.1) is 0 Å². The molecule has 88 valence electrons. The van der Waals surface area contributed by atoms with Gasteiger partial charge in [0.05, 0.1) is 12.8 Å². The second kappa shape index (κ2) is 5.49. The number of ether oxygens (including phenoxy) is 1. The lowest BCUT2D eigenvalue weighted by Gasteiger charge is -2.22. The molecule has 0 aromatic heterocycles. The smallest absolute Gasteiger partial charge is 0.427 e. The van der Waals surface area contributed by atoms with Crippen LogP contribution in [0.15, 0.2) is 28.9 Å². The van der Waals surface area contributed by atoms with Crippen molar-refractivity contribution in [3.05, 3.63) is 23.8 Å². The number of allylic oxidation sites excluding steroid dienone is 3. The largest absolute Gasteiger partial charge is 0.452 e. The van der Waals surface area contributed by atoms with Crippen LogP contribution in [0.5, 0.6) is 0 Å². The Morgan fingerprint density at radius 3 is 2.94 bits per heavy atom. The van der Waals surface area contributed by atoms with E-state index in [9.17, 15) is 4.79 Å². The Hall–Kier alpha value is -1.58. The molecule has 1 aliphatic carbocycles. The first kappa shape index (κ1) is 12.5. The van der Waals surface area contributed by atoms with Gasteiger partial charge in [-0.2, -0.15) is 5.10 Å². The van der Waals surface area contributed by atoms with Gasteiger partial charge in [-0.1, -0.05) is 18.2 Å². The fraction of sp³-hybridized carbons (Fsp3) is 0.500. The third-order valence-corrected chi connectivity index (χ3v) is 2.77. The average Bonchev–Trinajstić information content (AvgIpc) is 2.27. The highest BCUT2D eigenvalue weighted by Gasteiger charge is 2.18. The van der Waals surface area contributed by atoms with Crippen molar-refractivity contribution < 1.29 is 9.53 Å². The molecule has 0 fully saturated rings. The van der Waals surface area contributed by atoms with Gasteiger partial charge in [-0.05, 0) is 38.2 Å². The molecule has 0 saturated heterocycles. The number of hydrogen-bond donors (Lipinski definition) is 1. The molecule has 16 heavy (non-hydrogen) atoms. The summed E-state index contributed by atoms with van der Waals surface area (Å²) in [5, 5.41) is 4.05. The Bertz CT molecular complexity index is 356. The standard InChI is InChI=1S/C12H18N2O2/c1-8(2)10-6-5-9(3)11(7-10)13-14-12(15)16-4/h5,10H,1,6-7H2,2-4H3,(H,14,15)/b13-11+/t10-/m0/s1. The Morgan fingerprint density at radius 2 is 2.38 bits per heavy atom. The van der Waals surface area contributed by atoms with Crippen LogP contribution >= 0.6 is 0 Å². The van der Waals surface area contributed by atoms with E-state index in [0.29, 0.717) is 5.92 Å². The predicted molar refractivity (Wildman–Crippen MR) is 64.3 cm³/mol. The number of nitrogens with zero attached hydrogens (tertiary/aromatic N) is 1. The van der Waals surface area contributed by atoms with E-state index in [1.807, 2.05) is 13.8 Å². The third-order valence-electron chi connectivity index (χ3n) is 2.77. The molecule has 0 unspecified atom stereocenters. The summed E-state index contributed by atoms with van der Waals surface area (Å²) in [6, 6.07) is 0. The number of nitrogens with one attached hydrogen (secondary N) is 1. The van der Waals surface area contributed by atoms with E-state index in [-0.39, 0.29) is 0 Å². The van der Waals surface area contributed by atoms with Gasteiger partial charge in [0.15, 0.2) is 0 Å². The molecule has 4 nitrogen and oxygen atoms in total. The predicted octanol–water partition coefficient (Wildman–Crippen LogP) is 2.63. The molecule has 1 amide bonds. The van der Waals surface area contributed by atoms with Crippen molar-refractivity contribution in [1.82, 2.24) is 5.43 Å². The highest BCUT2D eigenvalue weighted by Crippen LogP contribution is 2.26. The van der Waals surface area contributed by atoms with Crippen LogP contribution in [0, 0.1) is 5.92 Å². The zero-order chi connectivity index (χ0) is 12.1. The quantitative estimate of drug-likeness (QED) is 0.576. The number of rotatable bonds is 2. The van der Waals surface area contributed by atoms with E-state index < -0.39 is 6.09 Å². The molecule has 0 aromatic carbocycles. The van der Waals surface area contributed by atoms with E-state index in [0.717, 1.165) is 29.7 Å². The minimum atomic E-state index is -0.544. The van der Waals surface area contributed by atoms with E-state index in [1.165, 1.54) is 7.11 Å². The average molecular weight is 222 g/mol. The summed E-state index contributed by atoms with van der Waals surface area (Å²) in [5.74, 6) is 0.418. The molecule has 1 aliphatic rings. The maximum Gasteiger partial charge on any atom is 0.427 e. The fourth-order valence-electron chi connectivity index (χ4n) is 1.58. The van der Waals surface area contributed by atoms with E-state index in [4.69, 9.17) is 0 Å². The zero-order valence-electron chi connectivity index (χ0n) is 10.0. The van der Waals surface area contributed by atoms with Crippen molar-refractivity contribution in [2.24, 2.45) is 11.0 Å². The van der Waals surface area contributed by atoms with Crippen LogP contribution in [0.2, 0.25) is 0 Å². The van der Waals surface area contributed by atoms with Gasteiger partial charge in [0.1, 0.15) is 0 Å². The lowest BCUT2D eigenvalue weighted by Crippen LogP contribution is -2.22. The number of methoxy groups -OCH3 is 1. The highest BCUT2D eigenvalue weighted by atomic mass is 16.5. The van der Waals surface area contributed by atoms with Crippen molar-refractivity contribution in [3.63, 3.8) is 0 Å². The lowest BCUT2D eigenvalue weighted by atomic mass is 9.85. The van der Waals surface area contributed by atoms with Gasteiger partial charge >= 0.3 is 6.09 Å². The number of carbonyl (C=O) groups excluding carboxylic acids is 1. The molecule has 0 radical (unpaired) electrons. The number of hydrazone groups is 1. The Kier molecular flexibility index (Phi) is 4.28. The molecular weight excluding hydrogens is 204 g/mol. The highest BCUT2D eigenvalue weighted by molar-refractivity contribution is 6.01. The summed E-state index contributed by atoms with van der Waals surface area (Å²) >= 11 is 0. The minimum absolute atomic E-state index is 0.418. The van der Waals surface area contributed by atoms with E-state index in [2.05, 4.69) is 27.9 Å². The van der Waals surface area contributed by atoms with Gasteiger partial charge in [0.25, 0.3) is 0 Å². The number of carbonyl (C=O) groups is 1. The summed E-state index contributed by atoms with van der Waals surface area (Å²) in [5.41, 5.74) is 5.49. The summed E-state index contributed by atoms with van der Waals surface area (Å²) in [6.07, 6.45) is 3.40. The summed E-state index contributed by atoms with van der Waals surface area (Å²) in [6.45, 7) is 7.96. The second-order valence-electron chi connectivity index (χ2n) is 4.03. The van der Waals surface area contributed by atoms with Crippen LogP contribution < -0.4 is 5.43 Å². The zero-order valence-corrected chi connectivity index (χ0v) is 10.0. The first-order valence-corrected chi connectivity index (χ1v) is 5.27. The molecule has 1 rings (SSSR count). The molecule has 0 heterocycles. The fourth-order valence-corrected chi connectivity index (χ4v) is 1.58. The van der Waals surface area contributed by atoms with Crippen LogP contribution in [0.4, 0.5) is 4.79 Å². The molecule has 0 saturated carbocycles. The van der Waals surface area contributed by atoms with Crippen LogP contribution in [-0.4, -0.2) is 18.9 Å². The summed E-state index contributed by atoms with van der Waals surface area (Å²) < 4.78 is 4.46. The molecule has 0 spiro atoms. The van der Waals surface area contributed by atoms with Crippen molar-refractivity contribution in [1.29, 1.82) is 0 Å². The van der Waals surface area contributed by atoms with Crippen molar-refractivity contribution >= 4 is 11.8 Å².